The second-order valence-corrected chi connectivity index (χ2v) is 4.55. The molecule has 1 atom stereocenters. The number of nitrogens with zero attached hydrogens (tertiary/aromatic N) is 4. The van der Waals surface area contributed by atoms with E-state index in [0.29, 0.717) is 6.54 Å². The monoisotopic (exact) mass is 223 g/mol. The van der Waals surface area contributed by atoms with Gasteiger partial charge >= 0.3 is 0 Å². The molecule has 2 N–H and O–H groups in total. The van der Waals surface area contributed by atoms with Gasteiger partial charge in [0.05, 0.1) is 29.1 Å². The first-order valence-electron chi connectivity index (χ1n) is 4.72. The van der Waals surface area contributed by atoms with E-state index in [2.05, 4.69) is 15.3 Å². The highest BCUT2D eigenvalue weighted by Gasteiger charge is 2.06. The smallest absolute Gasteiger partial charge is 0.0991 e. The fourth-order valence-electron chi connectivity index (χ4n) is 1.25. The lowest BCUT2D eigenvalue weighted by molar-refractivity contribution is 0.639. The molecule has 0 saturated heterocycles. The Hall–Kier alpha value is -1.27. The predicted octanol–water partition coefficient (Wildman–Crippen LogP) is 1.11. The van der Waals surface area contributed by atoms with Crippen LogP contribution in [0, 0.1) is 6.92 Å². The minimum absolute atomic E-state index is 0.0732. The number of aryl methyl sites for hydroxylation is 1. The minimum Gasteiger partial charge on any atom is -0.323 e. The Morgan fingerprint density at radius 1 is 1.60 bits per heavy atom. The van der Waals surface area contributed by atoms with Gasteiger partial charge in [0, 0.05) is 11.4 Å². The Morgan fingerprint density at radius 2 is 2.40 bits per heavy atom. The lowest BCUT2D eigenvalue weighted by atomic mass is 10.3. The van der Waals surface area contributed by atoms with Crippen LogP contribution in [-0.2, 0) is 6.54 Å². The van der Waals surface area contributed by atoms with Crippen LogP contribution >= 0.6 is 11.3 Å². The van der Waals surface area contributed by atoms with Crippen LogP contribution in [0.2, 0.25) is 0 Å². The molecule has 6 heteroatoms. The van der Waals surface area contributed by atoms with Gasteiger partial charge in [-0.25, -0.2) is 9.67 Å². The molecule has 0 amide bonds. The summed E-state index contributed by atoms with van der Waals surface area (Å²) in [6.07, 6.45) is 1.86. The molecule has 0 bridgehead atoms. The van der Waals surface area contributed by atoms with Crippen LogP contribution in [0.4, 0.5) is 0 Å². The first-order valence-corrected chi connectivity index (χ1v) is 5.59. The summed E-state index contributed by atoms with van der Waals surface area (Å²) < 4.78 is 1.76. The van der Waals surface area contributed by atoms with E-state index in [1.807, 2.05) is 25.4 Å². The molecule has 2 aromatic heterocycles. The van der Waals surface area contributed by atoms with Crippen LogP contribution in [0.3, 0.4) is 0 Å². The van der Waals surface area contributed by atoms with E-state index in [1.54, 1.807) is 16.0 Å². The second-order valence-electron chi connectivity index (χ2n) is 3.49. The van der Waals surface area contributed by atoms with Crippen LogP contribution in [0.25, 0.3) is 0 Å². The molecule has 0 aliphatic carbocycles. The number of nitrogens with two attached hydrogens (primary N) is 1. The summed E-state index contributed by atoms with van der Waals surface area (Å²) in [5, 5.41) is 11.1. The van der Waals surface area contributed by atoms with Crippen molar-refractivity contribution in [1.82, 2.24) is 20.0 Å². The van der Waals surface area contributed by atoms with Crippen LogP contribution in [0.15, 0.2) is 11.6 Å². The Balaban J connectivity index is 2.11. The Labute approximate surface area is 91.9 Å². The fraction of sp³-hybridized carbons (Fsp3) is 0.444. The summed E-state index contributed by atoms with van der Waals surface area (Å²) >= 11 is 1.64. The van der Waals surface area contributed by atoms with Gasteiger partial charge < -0.3 is 5.73 Å². The lowest BCUT2D eigenvalue weighted by Crippen LogP contribution is -2.05. The molecule has 0 fully saturated rings. The first kappa shape index (κ1) is 10.3. The summed E-state index contributed by atoms with van der Waals surface area (Å²) in [6.45, 7) is 4.54. The van der Waals surface area contributed by atoms with Gasteiger partial charge in [-0.3, -0.25) is 0 Å². The quantitative estimate of drug-likeness (QED) is 0.846. The third-order valence-electron chi connectivity index (χ3n) is 2.01. The highest BCUT2D eigenvalue weighted by atomic mass is 32.1. The van der Waals surface area contributed by atoms with E-state index in [-0.39, 0.29) is 6.04 Å². The van der Waals surface area contributed by atoms with Gasteiger partial charge in [0.15, 0.2) is 0 Å². The zero-order valence-corrected chi connectivity index (χ0v) is 9.53. The van der Waals surface area contributed by atoms with Gasteiger partial charge in [-0.2, -0.15) is 0 Å². The van der Waals surface area contributed by atoms with Crippen molar-refractivity contribution in [3.05, 3.63) is 28.0 Å². The van der Waals surface area contributed by atoms with Gasteiger partial charge in [0.2, 0.25) is 0 Å². The maximum atomic E-state index is 5.70. The zero-order valence-electron chi connectivity index (χ0n) is 8.71. The number of hydrogen-bond acceptors (Lipinski definition) is 5. The maximum Gasteiger partial charge on any atom is 0.0991 e. The van der Waals surface area contributed by atoms with E-state index in [9.17, 15) is 0 Å². The third-order valence-corrected chi connectivity index (χ3v) is 2.84. The van der Waals surface area contributed by atoms with Crippen molar-refractivity contribution in [3.8, 4) is 0 Å². The average molecular weight is 223 g/mol. The number of thiazole rings is 1. The Morgan fingerprint density at radius 3 is 2.93 bits per heavy atom. The predicted molar refractivity (Wildman–Crippen MR) is 58.6 cm³/mol. The molecular formula is C9H13N5S. The number of rotatable bonds is 3. The Kier molecular flexibility index (Phi) is 2.79. The average Bonchev–Trinajstić information content (AvgIpc) is 2.76. The van der Waals surface area contributed by atoms with E-state index in [4.69, 9.17) is 5.73 Å². The normalized spacial score (nSPS) is 13.0. The number of hydrogen-bond donors (Lipinski definition) is 1. The van der Waals surface area contributed by atoms with Crippen LogP contribution in [0.1, 0.15) is 29.4 Å². The molecule has 1 unspecified atom stereocenters. The van der Waals surface area contributed by atoms with Crippen LogP contribution in [0.5, 0.6) is 0 Å². The topological polar surface area (TPSA) is 69.6 Å². The first-order chi connectivity index (χ1) is 7.15. The molecule has 0 saturated carbocycles. The molecule has 80 valence electrons. The highest BCUT2D eigenvalue weighted by Crippen LogP contribution is 2.10. The van der Waals surface area contributed by atoms with Crippen molar-refractivity contribution >= 4 is 11.3 Å². The lowest BCUT2D eigenvalue weighted by Gasteiger charge is -1.96. The van der Waals surface area contributed by atoms with Gasteiger partial charge in [0.25, 0.3) is 0 Å². The van der Waals surface area contributed by atoms with Gasteiger partial charge in [0.1, 0.15) is 0 Å². The summed E-state index contributed by atoms with van der Waals surface area (Å²) in [6, 6.07) is -0.0732. The van der Waals surface area contributed by atoms with Crippen LogP contribution < -0.4 is 5.73 Å². The molecule has 15 heavy (non-hydrogen) atoms. The largest absolute Gasteiger partial charge is 0.323 e. The molecule has 0 spiro atoms. The zero-order chi connectivity index (χ0) is 10.8. The minimum atomic E-state index is -0.0732. The van der Waals surface area contributed by atoms with Crippen molar-refractivity contribution in [2.75, 3.05) is 0 Å². The standard InChI is InChI=1S/C9H13N5S/c1-6(10)9-4-14(13-12-9)3-8-5-15-7(2)11-8/h4-6H,3,10H2,1-2H3. The van der Waals surface area contributed by atoms with E-state index in [1.165, 1.54) is 0 Å². The highest BCUT2D eigenvalue weighted by molar-refractivity contribution is 7.09. The SMILES string of the molecule is Cc1nc(Cn2cc(C(C)N)nn2)cs1. The maximum absolute atomic E-state index is 5.70. The molecule has 0 aromatic carbocycles. The second kappa shape index (κ2) is 4.08. The summed E-state index contributed by atoms with van der Waals surface area (Å²) in [5.41, 5.74) is 7.52. The molecule has 0 aliphatic heterocycles. The molecule has 2 aromatic rings. The van der Waals surface area contributed by atoms with Crippen LogP contribution in [-0.4, -0.2) is 20.0 Å². The van der Waals surface area contributed by atoms with Crippen molar-refractivity contribution in [2.45, 2.75) is 26.4 Å². The molecule has 2 rings (SSSR count). The van der Waals surface area contributed by atoms with Gasteiger partial charge in [-0.15, -0.1) is 16.4 Å². The fourth-order valence-corrected chi connectivity index (χ4v) is 1.85. The number of aromatic nitrogens is 4. The van der Waals surface area contributed by atoms with Crippen molar-refractivity contribution < 1.29 is 0 Å². The summed E-state index contributed by atoms with van der Waals surface area (Å²) in [5.74, 6) is 0. The molecule has 5 nitrogen and oxygen atoms in total. The Bertz CT molecular complexity index is 445. The van der Waals surface area contributed by atoms with Crippen molar-refractivity contribution in [3.63, 3.8) is 0 Å². The third kappa shape index (κ3) is 2.40. The van der Waals surface area contributed by atoms with Gasteiger partial charge in [-0.05, 0) is 13.8 Å². The summed E-state index contributed by atoms with van der Waals surface area (Å²) in [4.78, 5) is 4.36. The van der Waals surface area contributed by atoms with Gasteiger partial charge in [-0.1, -0.05) is 5.21 Å². The molecule has 2 heterocycles. The van der Waals surface area contributed by atoms with Crippen molar-refractivity contribution in [1.29, 1.82) is 0 Å². The molecule has 0 aliphatic rings. The van der Waals surface area contributed by atoms with E-state index < -0.39 is 0 Å². The van der Waals surface area contributed by atoms with E-state index in [0.717, 1.165) is 16.4 Å². The summed E-state index contributed by atoms with van der Waals surface area (Å²) in [7, 11) is 0. The van der Waals surface area contributed by atoms with Crippen molar-refractivity contribution in [2.24, 2.45) is 5.73 Å². The van der Waals surface area contributed by atoms with E-state index >= 15 is 0 Å². The molecular weight excluding hydrogens is 210 g/mol. The molecule has 0 radical (unpaired) electrons.